The number of thioether (sulfide) groups is 1. The van der Waals surface area contributed by atoms with Gasteiger partial charge in [-0.3, -0.25) is 9.59 Å². The van der Waals surface area contributed by atoms with Crippen molar-refractivity contribution in [1.82, 2.24) is 20.1 Å². The number of rotatable bonds is 7. The van der Waals surface area contributed by atoms with Gasteiger partial charge in [-0.1, -0.05) is 11.8 Å². The highest BCUT2D eigenvalue weighted by Gasteiger charge is 2.27. The molecule has 0 aromatic carbocycles. The molecule has 1 aromatic rings. The summed E-state index contributed by atoms with van der Waals surface area (Å²) in [6.45, 7) is 3.38. The van der Waals surface area contributed by atoms with Gasteiger partial charge in [0.2, 0.25) is 5.91 Å². The number of nitrogens with zero attached hydrogens (tertiary/aromatic N) is 3. The third kappa shape index (κ3) is 4.22. The van der Waals surface area contributed by atoms with Crippen LogP contribution in [0.4, 0.5) is 0 Å². The Morgan fingerprint density at radius 1 is 1.55 bits per heavy atom. The Morgan fingerprint density at radius 3 is 2.85 bits per heavy atom. The summed E-state index contributed by atoms with van der Waals surface area (Å²) in [6.07, 6.45) is 3.83. The molecule has 1 saturated carbocycles. The number of nitrogens with one attached hydrogen (secondary N) is 1. The van der Waals surface area contributed by atoms with Crippen molar-refractivity contribution >= 4 is 23.6 Å². The zero-order chi connectivity index (χ0) is 14.8. The Labute approximate surface area is 121 Å². The molecule has 7 nitrogen and oxygen atoms in total. The van der Waals surface area contributed by atoms with E-state index in [1.165, 1.54) is 11.8 Å². The van der Waals surface area contributed by atoms with E-state index in [0.29, 0.717) is 6.04 Å². The number of amides is 1. The zero-order valence-corrected chi connectivity index (χ0v) is 12.3. The van der Waals surface area contributed by atoms with Gasteiger partial charge in [0, 0.05) is 11.6 Å². The molecule has 0 unspecified atom stereocenters. The number of hydrogen-bond acceptors (Lipinski definition) is 5. The minimum Gasteiger partial charge on any atom is -0.481 e. The Balaban J connectivity index is 1.82. The van der Waals surface area contributed by atoms with Crippen LogP contribution in [0.2, 0.25) is 0 Å². The zero-order valence-electron chi connectivity index (χ0n) is 11.5. The molecule has 1 fully saturated rings. The van der Waals surface area contributed by atoms with E-state index in [1.807, 2.05) is 4.57 Å². The van der Waals surface area contributed by atoms with Crippen molar-refractivity contribution in [3.05, 3.63) is 6.33 Å². The second-order valence-electron chi connectivity index (χ2n) is 5.54. The number of carboxylic acids is 1. The van der Waals surface area contributed by atoms with Crippen LogP contribution in [0.1, 0.15) is 39.2 Å². The fourth-order valence-electron chi connectivity index (χ4n) is 1.90. The van der Waals surface area contributed by atoms with Crippen LogP contribution in [-0.2, 0) is 9.59 Å². The maximum Gasteiger partial charge on any atom is 0.305 e. The van der Waals surface area contributed by atoms with Crippen LogP contribution in [0, 0.1) is 0 Å². The van der Waals surface area contributed by atoms with Crippen molar-refractivity contribution < 1.29 is 14.7 Å². The van der Waals surface area contributed by atoms with Gasteiger partial charge in [-0.15, -0.1) is 10.2 Å². The first-order chi connectivity index (χ1) is 9.37. The van der Waals surface area contributed by atoms with Crippen LogP contribution in [0.3, 0.4) is 0 Å². The lowest BCUT2D eigenvalue weighted by Gasteiger charge is -2.24. The molecule has 0 spiro atoms. The molecule has 1 aromatic heterocycles. The number of aliphatic carboxylic acids is 1. The summed E-state index contributed by atoms with van der Waals surface area (Å²) in [5.41, 5.74) is -0.756. The molecule has 1 aliphatic carbocycles. The number of carbonyl (C=O) groups excluding carboxylic acids is 1. The summed E-state index contributed by atoms with van der Waals surface area (Å²) in [4.78, 5) is 22.5. The Kier molecular flexibility index (Phi) is 4.32. The molecule has 0 bridgehead atoms. The lowest BCUT2D eigenvalue weighted by atomic mass is 10.0. The average molecular weight is 298 g/mol. The van der Waals surface area contributed by atoms with E-state index in [0.717, 1.165) is 18.0 Å². The fourth-order valence-corrected chi connectivity index (χ4v) is 2.69. The molecule has 0 saturated heterocycles. The van der Waals surface area contributed by atoms with E-state index in [9.17, 15) is 9.59 Å². The SMILES string of the molecule is CC(C)(CC(=O)O)NC(=O)CSc1nncn1C1CC1. The van der Waals surface area contributed by atoms with Crippen molar-refractivity contribution in [3.63, 3.8) is 0 Å². The number of aromatic nitrogens is 3. The van der Waals surface area contributed by atoms with E-state index in [2.05, 4.69) is 15.5 Å². The predicted octanol–water partition coefficient (Wildman–Crippen LogP) is 1.07. The summed E-state index contributed by atoms with van der Waals surface area (Å²) in [7, 11) is 0. The molecule has 0 radical (unpaired) electrons. The van der Waals surface area contributed by atoms with Crippen LogP contribution in [0.25, 0.3) is 0 Å². The van der Waals surface area contributed by atoms with Crippen LogP contribution in [-0.4, -0.2) is 43.0 Å². The third-order valence-electron chi connectivity index (χ3n) is 2.88. The topological polar surface area (TPSA) is 97.1 Å². The van der Waals surface area contributed by atoms with Crippen molar-refractivity contribution in [2.75, 3.05) is 5.75 Å². The van der Waals surface area contributed by atoms with Crippen LogP contribution in [0.5, 0.6) is 0 Å². The second-order valence-corrected chi connectivity index (χ2v) is 6.49. The molecule has 1 heterocycles. The smallest absolute Gasteiger partial charge is 0.305 e. The molecular weight excluding hydrogens is 280 g/mol. The highest BCUT2D eigenvalue weighted by atomic mass is 32.2. The van der Waals surface area contributed by atoms with Gasteiger partial charge in [0.1, 0.15) is 6.33 Å². The first kappa shape index (κ1) is 14.8. The second kappa shape index (κ2) is 5.82. The highest BCUT2D eigenvalue weighted by molar-refractivity contribution is 7.99. The van der Waals surface area contributed by atoms with Gasteiger partial charge in [-0.25, -0.2) is 0 Å². The Morgan fingerprint density at radius 2 is 2.25 bits per heavy atom. The molecule has 2 N–H and O–H groups in total. The monoisotopic (exact) mass is 298 g/mol. The van der Waals surface area contributed by atoms with Gasteiger partial charge in [0.25, 0.3) is 0 Å². The van der Waals surface area contributed by atoms with Crippen LogP contribution < -0.4 is 5.32 Å². The largest absolute Gasteiger partial charge is 0.481 e. The first-order valence-corrected chi connectivity index (χ1v) is 7.41. The quantitative estimate of drug-likeness (QED) is 0.731. The molecule has 1 aliphatic rings. The number of carbonyl (C=O) groups is 2. The molecule has 0 atom stereocenters. The minimum absolute atomic E-state index is 0.109. The van der Waals surface area contributed by atoms with E-state index >= 15 is 0 Å². The minimum atomic E-state index is -0.934. The Hall–Kier alpha value is -1.57. The maximum atomic E-state index is 11.8. The summed E-state index contributed by atoms with van der Waals surface area (Å²) in [5.74, 6) is -0.933. The summed E-state index contributed by atoms with van der Waals surface area (Å²) in [5, 5.41) is 20.1. The summed E-state index contributed by atoms with van der Waals surface area (Å²) >= 11 is 1.32. The summed E-state index contributed by atoms with van der Waals surface area (Å²) < 4.78 is 1.99. The van der Waals surface area contributed by atoms with Crippen molar-refractivity contribution in [2.45, 2.75) is 49.8 Å². The lowest BCUT2D eigenvalue weighted by Crippen LogP contribution is -2.45. The Bertz CT molecular complexity index is 511. The number of carboxylic acid groups (broad SMARTS) is 1. The molecule has 8 heteroatoms. The van der Waals surface area contributed by atoms with Crippen LogP contribution in [0.15, 0.2) is 11.5 Å². The lowest BCUT2D eigenvalue weighted by molar-refractivity contribution is -0.138. The molecule has 0 aliphatic heterocycles. The molecule has 110 valence electrons. The van der Waals surface area contributed by atoms with Gasteiger partial charge in [0.05, 0.1) is 12.2 Å². The van der Waals surface area contributed by atoms with Gasteiger partial charge < -0.3 is 15.0 Å². The van der Waals surface area contributed by atoms with Gasteiger partial charge in [0.15, 0.2) is 5.16 Å². The third-order valence-corrected chi connectivity index (χ3v) is 3.84. The average Bonchev–Trinajstić information content (AvgIpc) is 3.03. The van der Waals surface area contributed by atoms with Gasteiger partial charge in [-0.2, -0.15) is 0 Å². The van der Waals surface area contributed by atoms with Gasteiger partial charge in [-0.05, 0) is 26.7 Å². The van der Waals surface area contributed by atoms with Gasteiger partial charge >= 0.3 is 5.97 Å². The molecule has 20 heavy (non-hydrogen) atoms. The standard InChI is InChI=1S/C12H18N4O3S/c1-12(2,5-10(18)19)14-9(17)6-20-11-15-13-7-16(11)8-3-4-8/h7-8H,3-6H2,1-2H3,(H,14,17)(H,18,19). The molecular formula is C12H18N4O3S. The van der Waals surface area contributed by atoms with E-state index in [1.54, 1.807) is 20.2 Å². The molecule has 1 amide bonds. The van der Waals surface area contributed by atoms with Crippen LogP contribution >= 0.6 is 11.8 Å². The normalized spacial score (nSPS) is 15.1. The maximum absolute atomic E-state index is 11.8. The summed E-state index contributed by atoms with van der Waals surface area (Å²) in [6, 6.07) is 0.471. The van der Waals surface area contributed by atoms with Crippen molar-refractivity contribution in [1.29, 1.82) is 0 Å². The fraction of sp³-hybridized carbons (Fsp3) is 0.667. The van der Waals surface area contributed by atoms with E-state index in [-0.39, 0.29) is 18.1 Å². The predicted molar refractivity (Wildman–Crippen MR) is 73.5 cm³/mol. The van der Waals surface area contributed by atoms with Crippen molar-refractivity contribution in [3.8, 4) is 0 Å². The molecule has 2 rings (SSSR count). The van der Waals surface area contributed by atoms with E-state index < -0.39 is 11.5 Å². The first-order valence-electron chi connectivity index (χ1n) is 6.42. The van der Waals surface area contributed by atoms with E-state index in [4.69, 9.17) is 5.11 Å². The number of hydrogen-bond donors (Lipinski definition) is 2. The highest BCUT2D eigenvalue weighted by Crippen LogP contribution is 2.37. The van der Waals surface area contributed by atoms with Crippen molar-refractivity contribution in [2.24, 2.45) is 0 Å².